The second-order valence-corrected chi connectivity index (χ2v) is 7.25. The zero-order chi connectivity index (χ0) is 13.1. The van der Waals surface area contributed by atoms with Crippen molar-refractivity contribution < 1.29 is 18.3 Å². The lowest BCUT2D eigenvalue weighted by Gasteiger charge is -2.24. The fourth-order valence-electron chi connectivity index (χ4n) is 2.41. The summed E-state index contributed by atoms with van der Waals surface area (Å²) in [6.07, 6.45) is 3.34. The Balaban J connectivity index is 2.58. The van der Waals surface area contributed by atoms with Crippen LogP contribution in [0.5, 0.6) is 0 Å². The summed E-state index contributed by atoms with van der Waals surface area (Å²) in [6.45, 7) is 3.58. The molecule has 1 unspecified atom stereocenters. The molecule has 0 radical (unpaired) electrons. The molecule has 100 valence electrons. The van der Waals surface area contributed by atoms with E-state index in [2.05, 4.69) is 0 Å². The fraction of sp³-hybridized carbons (Fsp3) is 0.909. The minimum absolute atomic E-state index is 0.106. The Bertz CT molecular complexity index is 379. The maximum atomic E-state index is 11.3. The number of carboxylic acid groups (broad SMARTS) is 1. The van der Waals surface area contributed by atoms with Crippen molar-refractivity contribution >= 4 is 15.8 Å². The second-order valence-electron chi connectivity index (χ2n) is 4.99. The molecule has 0 amide bonds. The van der Waals surface area contributed by atoms with Gasteiger partial charge in [-0.3, -0.25) is 4.79 Å². The van der Waals surface area contributed by atoms with Gasteiger partial charge in [0, 0.05) is 19.3 Å². The molecule has 1 fully saturated rings. The number of carbonyl (C=O) groups is 1. The lowest BCUT2D eigenvalue weighted by atomic mass is 9.83. The van der Waals surface area contributed by atoms with Gasteiger partial charge < -0.3 is 10.0 Å². The van der Waals surface area contributed by atoms with Gasteiger partial charge in [0.25, 0.3) is 0 Å². The zero-order valence-corrected chi connectivity index (χ0v) is 11.3. The smallest absolute Gasteiger partial charge is 0.310 e. The van der Waals surface area contributed by atoms with Gasteiger partial charge in [0.05, 0.1) is 11.2 Å². The normalized spacial score (nSPS) is 26.2. The average Bonchev–Trinajstić information content (AvgIpc) is 2.59. The summed E-state index contributed by atoms with van der Waals surface area (Å²) < 4.78 is 22.1. The molecule has 1 rings (SSSR count). The van der Waals surface area contributed by atoms with Crippen molar-refractivity contribution in [1.82, 2.24) is 4.90 Å². The van der Waals surface area contributed by atoms with Gasteiger partial charge in [0.2, 0.25) is 0 Å². The number of rotatable bonds is 6. The Morgan fingerprint density at radius 3 is 2.59 bits per heavy atom. The third-order valence-electron chi connectivity index (χ3n) is 3.39. The molecule has 0 bridgehead atoms. The minimum Gasteiger partial charge on any atom is -0.481 e. The predicted molar refractivity (Wildman–Crippen MR) is 65.7 cm³/mol. The van der Waals surface area contributed by atoms with E-state index in [1.54, 1.807) is 0 Å². The van der Waals surface area contributed by atoms with E-state index in [9.17, 15) is 18.3 Å². The molecule has 0 spiro atoms. The Morgan fingerprint density at radius 1 is 1.47 bits per heavy atom. The standard InChI is InChI=1S/C11H21NO4S/c1-3-4-11(10(13)14)5-6-12(9-11)7-8-17(2,15)16/h3-9H2,1-2H3,(H,13,14). The lowest BCUT2D eigenvalue weighted by Crippen LogP contribution is -2.36. The van der Waals surface area contributed by atoms with Gasteiger partial charge in [0.1, 0.15) is 9.84 Å². The molecule has 0 aromatic heterocycles. The van der Waals surface area contributed by atoms with Gasteiger partial charge >= 0.3 is 5.97 Å². The van der Waals surface area contributed by atoms with Crippen LogP contribution in [0, 0.1) is 5.41 Å². The highest BCUT2D eigenvalue weighted by Gasteiger charge is 2.43. The van der Waals surface area contributed by atoms with E-state index in [-0.39, 0.29) is 5.75 Å². The maximum absolute atomic E-state index is 11.3. The van der Waals surface area contributed by atoms with E-state index < -0.39 is 21.2 Å². The first-order chi connectivity index (χ1) is 7.79. The molecule has 1 aliphatic rings. The second kappa shape index (κ2) is 5.35. The quantitative estimate of drug-likeness (QED) is 0.760. The van der Waals surface area contributed by atoms with E-state index in [1.165, 1.54) is 6.26 Å². The van der Waals surface area contributed by atoms with Crippen molar-refractivity contribution in [3.63, 3.8) is 0 Å². The predicted octanol–water partition coefficient (Wildman–Crippen LogP) is 0.608. The number of likely N-dealkylation sites (tertiary alicyclic amines) is 1. The van der Waals surface area contributed by atoms with E-state index in [0.717, 1.165) is 6.42 Å². The van der Waals surface area contributed by atoms with Crippen LogP contribution in [-0.2, 0) is 14.6 Å². The monoisotopic (exact) mass is 263 g/mol. The molecule has 0 aliphatic carbocycles. The summed E-state index contributed by atoms with van der Waals surface area (Å²) in [4.78, 5) is 13.3. The van der Waals surface area contributed by atoms with Crippen molar-refractivity contribution in [1.29, 1.82) is 0 Å². The van der Waals surface area contributed by atoms with Crippen LogP contribution in [0.3, 0.4) is 0 Å². The first kappa shape index (κ1) is 14.4. The molecular weight excluding hydrogens is 242 g/mol. The molecule has 1 atom stereocenters. The van der Waals surface area contributed by atoms with Crippen LogP contribution < -0.4 is 0 Å². The Morgan fingerprint density at radius 2 is 2.12 bits per heavy atom. The zero-order valence-electron chi connectivity index (χ0n) is 10.5. The van der Waals surface area contributed by atoms with Crippen LogP contribution in [0.2, 0.25) is 0 Å². The molecule has 1 saturated heterocycles. The summed E-state index contributed by atoms with van der Waals surface area (Å²) in [7, 11) is -2.97. The Labute approximate surface area is 103 Å². The highest BCUT2D eigenvalue weighted by Crippen LogP contribution is 2.35. The van der Waals surface area contributed by atoms with Crippen LogP contribution in [-0.4, -0.2) is 56.0 Å². The third kappa shape index (κ3) is 3.96. The number of sulfone groups is 1. The summed E-state index contributed by atoms with van der Waals surface area (Å²) >= 11 is 0. The van der Waals surface area contributed by atoms with E-state index in [1.807, 2.05) is 11.8 Å². The van der Waals surface area contributed by atoms with Crippen molar-refractivity contribution in [3.8, 4) is 0 Å². The van der Waals surface area contributed by atoms with Crippen LogP contribution >= 0.6 is 0 Å². The van der Waals surface area contributed by atoms with Crippen LogP contribution in [0.1, 0.15) is 26.2 Å². The lowest BCUT2D eigenvalue weighted by molar-refractivity contribution is -0.148. The van der Waals surface area contributed by atoms with Gasteiger partial charge in [-0.1, -0.05) is 13.3 Å². The number of carboxylic acids is 1. The number of nitrogens with zero attached hydrogens (tertiary/aromatic N) is 1. The van der Waals surface area contributed by atoms with Crippen LogP contribution in [0.15, 0.2) is 0 Å². The third-order valence-corrected chi connectivity index (χ3v) is 4.32. The SMILES string of the molecule is CCCC1(C(=O)O)CCN(CCS(C)(=O)=O)C1. The highest BCUT2D eigenvalue weighted by atomic mass is 32.2. The number of aliphatic carboxylic acids is 1. The first-order valence-electron chi connectivity index (χ1n) is 5.92. The van der Waals surface area contributed by atoms with Gasteiger partial charge in [-0.2, -0.15) is 0 Å². The van der Waals surface area contributed by atoms with Crippen LogP contribution in [0.4, 0.5) is 0 Å². The topological polar surface area (TPSA) is 74.7 Å². The maximum Gasteiger partial charge on any atom is 0.310 e. The average molecular weight is 263 g/mol. The van der Waals surface area contributed by atoms with Gasteiger partial charge in [-0.05, 0) is 19.4 Å². The first-order valence-corrected chi connectivity index (χ1v) is 7.98. The van der Waals surface area contributed by atoms with Crippen molar-refractivity contribution in [2.24, 2.45) is 5.41 Å². The van der Waals surface area contributed by atoms with E-state index in [4.69, 9.17) is 0 Å². The Hall–Kier alpha value is -0.620. The molecular formula is C11H21NO4S. The van der Waals surface area contributed by atoms with Gasteiger partial charge in [0.15, 0.2) is 0 Å². The van der Waals surface area contributed by atoms with E-state index in [0.29, 0.717) is 32.5 Å². The van der Waals surface area contributed by atoms with Gasteiger partial charge in [-0.25, -0.2) is 8.42 Å². The van der Waals surface area contributed by atoms with E-state index >= 15 is 0 Å². The summed E-state index contributed by atoms with van der Waals surface area (Å²) in [5.41, 5.74) is -0.660. The number of hydrogen-bond donors (Lipinski definition) is 1. The highest BCUT2D eigenvalue weighted by molar-refractivity contribution is 7.90. The Kier molecular flexibility index (Phi) is 4.55. The summed E-state index contributed by atoms with van der Waals surface area (Å²) in [6, 6.07) is 0. The van der Waals surface area contributed by atoms with Crippen molar-refractivity contribution in [2.75, 3.05) is 31.6 Å². The molecule has 1 aliphatic heterocycles. The molecule has 0 aromatic rings. The van der Waals surface area contributed by atoms with Crippen molar-refractivity contribution in [3.05, 3.63) is 0 Å². The molecule has 6 heteroatoms. The summed E-state index contributed by atoms with van der Waals surface area (Å²) in [5, 5.41) is 9.30. The minimum atomic E-state index is -2.97. The summed E-state index contributed by atoms with van der Waals surface area (Å²) in [5.74, 6) is -0.643. The molecule has 0 saturated carbocycles. The molecule has 1 heterocycles. The number of hydrogen-bond acceptors (Lipinski definition) is 4. The molecule has 0 aromatic carbocycles. The molecule has 5 nitrogen and oxygen atoms in total. The fourth-order valence-corrected chi connectivity index (χ4v) is 3.00. The van der Waals surface area contributed by atoms with Crippen molar-refractivity contribution in [2.45, 2.75) is 26.2 Å². The molecule has 17 heavy (non-hydrogen) atoms. The van der Waals surface area contributed by atoms with Gasteiger partial charge in [-0.15, -0.1) is 0 Å². The molecule has 1 N–H and O–H groups in total. The van der Waals surface area contributed by atoms with Crippen LogP contribution in [0.25, 0.3) is 0 Å². The largest absolute Gasteiger partial charge is 0.481 e.